The molecule has 1 saturated carbocycles. The Morgan fingerprint density at radius 2 is 1.95 bits per heavy atom. The fraction of sp³-hybridized carbons (Fsp3) is 0.944. The summed E-state index contributed by atoms with van der Waals surface area (Å²) in [6, 6.07) is 2.75. The van der Waals surface area contributed by atoms with E-state index in [1.54, 1.807) is 0 Å². The van der Waals surface area contributed by atoms with E-state index in [1.807, 2.05) is 6.92 Å². The number of nitriles is 1. The van der Waals surface area contributed by atoms with Crippen LogP contribution in [0.5, 0.6) is 0 Å². The van der Waals surface area contributed by atoms with Gasteiger partial charge in [-0.15, -0.1) is 0 Å². The first-order valence-corrected chi connectivity index (χ1v) is 8.67. The highest BCUT2D eigenvalue weighted by atomic mass is 16.5. The van der Waals surface area contributed by atoms with Crippen molar-refractivity contribution in [3.63, 3.8) is 0 Å². The molecule has 0 bridgehead atoms. The van der Waals surface area contributed by atoms with E-state index >= 15 is 0 Å². The Labute approximate surface area is 131 Å². The maximum absolute atomic E-state index is 9.30. The summed E-state index contributed by atoms with van der Waals surface area (Å²) >= 11 is 0. The summed E-state index contributed by atoms with van der Waals surface area (Å²) in [7, 11) is 0. The van der Waals surface area contributed by atoms with Gasteiger partial charge < -0.3 is 4.74 Å². The Bertz CT molecular complexity index is 337. The van der Waals surface area contributed by atoms with Crippen LogP contribution in [0.25, 0.3) is 0 Å². The molecule has 1 aliphatic carbocycles. The quantitative estimate of drug-likeness (QED) is 0.680. The molecule has 3 heteroatoms. The smallest absolute Gasteiger partial charge is 0.104 e. The van der Waals surface area contributed by atoms with Gasteiger partial charge in [0.25, 0.3) is 0 Å². The van der Waals surface area contributed by atoms with Crippen LogP contribution < -0.4 is 5.32 Å². The summed E-state index contributed by atoms with van der Waals surface area (Å²) in [5, 5.41) is 12.7. The fourth-order valence-electron chi connectivity index (χ4n) is 3.28. The first kappa shape index (κ1) is 18.5. The molecule has 21 heavy (non-hydrogen) atoms. The minimum Gasteiger partial charge on any atom is -0.378 e. The summed E-state index contributed by atoms with van der Waals surface area (Å²) < 4.78 is 6.03. The van der Waals surface area contributed by atoms with Gasteiger partial charge in [0.15, 0.2) is 0 Å². The van der Waals surface area contributed by atoms with Crippen LogP contribution in [0.15, 0.2) is 0 Å². The van der Waals surface area contributed by atoms with E-state index in [0.29, 0.717) is 12.1 Å². The van der Waals surface area contributed by atoms with Crippen molar-refractivity contribution in [1.29, 1.82) is 5.26 Å². The third-order valence-corrected chi connectivity index (χ3v) is 4.83. The molecule has 1 N–H and O–H groups in total. The zero-order valence-corrected chi connectivity index (χ0v) is 14.6. The molecule has 4 unspecified atom stereocenters. The standard InChI is InChI=1S/C18H34N2O/c1-14(2)20-18(5,13-19)10-6-7-11-21-17-9-8-15(3)16(4)12-17/h14-17,20H,6-12H2,1-5H3. The van der Waals surface area contributed by atoms with Crippen LogP contribution in [0, 0.1) is 23.2 Å². The Morgan fingerprint density at radius 1 is 1.24 bits per heavy atom. The number of hydrogen-bond donors (Lipinski definition) is 1. The SMILES string of the molecule is CC(C)NC(C)(C#N)CCCCOC1CCC(C)C(C)C1. The minimum absolute atomic E-state index is 0.344. The molecule has 0 radical (unpaired) electrons. The highest BCUT2D eigenvalue weighted by molar-refractivity contribution is 5.04. The zero-order valence-electron chi connectivity index (χ0n) is 14.6. The average molecular weight is 294 g/mol. The summed E-state index contributed by atoms with van der Waals surface area (Å²) in [6.45, 7) is 11.7. The summed E-state index contributed by atoms with van der Waals surface area (Å²) in [5.74, 6) is 1.64. The zero-order chi connectivity index (χ0) is 15.9. The summed E-state index contributed by atoms with van der Waals surface area (Å²) in [5.41, 5.74) is -0.400. The number of nitrogens with one attached hydrogen (secondary N) is 1. The van der Waals surface area contributed by atoms with Gasteiger partial charge in [0.1, 0.15) is 5.54 Å². The van der Waals surface area contributed by atoms with Crippen molar-refractivity contribution >= 4 is 0 Å². The van der Waals surface area contributed by atoms with Crippen LogP contribution in [0.1, 0.15) is 73.1 Å². The van der Waals surface area contributed by atoms with Gasteiger partial charge in [0, 0.05) is 12.6 Å². The molecule has 0 heterocycles. The van der Waals surface area contributed by atoms with Gasteiger partial charge in [-0.1, -0.05) is 13.8 Å². The molecule has 1 fully saturated rings. The Morgan fingerprint density at radius 3 is 2.52 bits per heavy atom. The fourth-order valence-corrected chi connectivity index (χ4v) is 3.28. The lowest BCUT2D eigenvalue weighted by atomic mass is 9.80. The van der Waals surface area contributed by atoms with Crippen molar-refractivity contribution in [3.8, 4) is 6.07 Å². The number of nitrogens with zero attached hydrogens (tertiary/aromatic N) is 1. The topological polar surface area (TPSA) is 45.0 Å². The molecule has 1 rings (SSSR count). The molecule has 4 atom stereocenters. The second-order valence-electron chi connectivity index (χ2n) is 7.46. The predicted molar refractivity (Wildman–Crippen MR) is 88.1 cm³/mol. The lowest BCUT2D eigenvalue weighted by Gasteiger charge is -2.32. The highest BCUT2D eigenvalue weighted by Crippen LogP contribution is 2.31. The molecule has 1 aliphatic rings. The molecule has 0 aliphatic heterocycles. The molecular weight excluding hydrogens is 260 g/mol. The third-order valence-electron chi connectivity index (χ3n) is 4.83. The normalized spacial score (nSPS) is 29.1. The van der Waals surface area contributed by atoms with Crippen molar-refractivity contribution in [2.75, 3.05) is 6.61 Å². The van der Waals surface area contributed by atoms with Gasteiger partial charge in [-0.25, -0.2) is 0 Å². The Hall–Kier alpha value is -0.590. The van der Waals surface area contributed by atoms with Gasteiger partial charge in [0.05, 0.1) is 12.2 Å². The van der Waals surface area contributed by atoms with Gasteiger partial charge >= 0.3 is 0 Å². The van der Waals surface area contributed by atoms with Gasteiger partial charge in [-0.3, -0.25) is 5.32 Å². The molecule has 3 nitrogen and oxygen atoms in total. The second kappa shape index (κ2) is 8.76. The van der Waals surface area contributed by atoms with Crippen molar-refractivity contribution in [3.05, 3.63) is 0 Å². The average Bonchev–Trinajstić information content (AvgIpc) is 2.41. The largest absolute Gasteiger partial charge is 0.378 e. The summed E-state index contributed by atoms with van der Waals surface area (Å²) in [4.78, 5) is 0. The van der Waals surface area contributed by atoms with E-state index in [1.165, 1.54) is 19.3 Å². The third kappa shape index (κ3) is 6.80. The van der Waals surface area contributed by atoms with E-state index in [9.17, 15) is 5.26 Å². The van der Waals surface area contributed by atoms with E-state index in [-0.39, 0.29) is 0 Å². The van der Waals surface area contributed by atoms with E-state index in [0.717, 1.165) is 37.7 Å². The van der Waals surface area contributed by atoms with Crippen LogP contribution in [-0.4, -0.2) is 24.3 Å². The molecule has 0 aromatic carbocycles. The monoisotopic (exact) mass is 294 g/mol. The van der Waals surface area contributed by atoms with Crippen LogP contribution in [0.4, 0.5) is 0 Å². The number of ether oxygens (including phenoxy) is 1. The first-order valence-electron chi connectivity index (χ1n) is 8.67. The van der Waals surface area contributed by atoms with Crippen LogP contribution in [0.3, 0.4) is 0 Å². The van der Waals surface area contributed by atoms with Crippen molar-refractivity contribution in [2.45, 2.75) is 90.8 Å². The van der Waals surface area contributed by atoms with Crippen LogP contribution in [0.2, 0.25) is 0 Å². The van der Waals surface area contributed by atoms with E-state index in [4.69, 9.17) is 4.74 Å². The molecule has 0 saturated heterocycles. The van der Waals surface area contributed by atoms with Gasteiger partial charge in [-0.05, 0) is 71.1 Å². The van der Waals surface area contributed by atoms with Crippen molar-refractivity contribution < 1.29 is 4.74 Å². The van der Waals surface area contributed by atoms with Crippen molar-refractivity contribution in [1.82, 2.24) is 5.32 Å². The van der Waals surface area contributed by atoms with E-state index in [2.05, 4.69) is 39.1 Å². The second-order valence-corrected chi connectivity index (χ2v) is 7.46. The molecule has 122 valence electrons. The molecule has 0 amide bonds. The van der Waals surface area contributed by atoms with Crippen LogP contribution in [-0.2, 0) is 4.74 Å². The molecular formula is C18H34N2O. The van der Waals surface area contributed by atoms with Crippen molar-refractivity contribution in [2.24, 2.45) is 11.8 Å². The lowest BCUT2D eigenvalue weighted by molar-refractivity contribution is 0.000720. The lowest BCUT2D eigenvalue weighted by Crippen LogP contribution is -2.44. The molecule has 0 aromatic rings. The minimum atomic E-state index is -0.400. The van der Waals surface area contributed by atoms with Gasteiger partial charge in [-0.2, -0.15) is 5.26 Å². The summed E-state index contributed by atoms with van der Waals surface area (Å²) in [6.07, 6.45) is 7.19. The Balaban J connectivity index is 2.15. The maximum atomic E-state index is 9.30. The highest BCUT2D eigenvalue weighted by Gasteiger charge is 2.25. The maximum Gasteiger partial charge on any atom is 0.104 e. The number of rotatable bonds is 8. The number of hydrogen-bond acceptors (Lipinski definition) is 3. The predicted octanol–water partition coefficient (Wildman–Crippen LogP) is 4.28. The van der Waals surface area contributed by atoms with Crippen LogP contribution >= 0.6 is 0 Å². The molecule has 0 spiro atoms. The molecule has 0 aromatic heterocycles. The van der Waals surface area contributed by atoms with Gasteiger partial charge in [0.2, 0.25) is 0 Å². The first-order chi connectivity index (χ1) is 9.86. The Kier molecular flexibility index (Phi) is 7.70. The number of unbranched alkanes of at least 4 members (excludes halogenated alkanes) is 1. The van der Waals surface area contributed by atoms with E-state index < -0.39 is 5.54 Å².